The fourth-order valence-corrected chi connectivity index (χ4v) is 2.48. The van der Waals surface area contributed by atoms with Gasteiger partial charge < -0.3 is 10.0 Å². The molecule has 0 radical (unpaired) electrons. The molecule has 1 aromatic rings. The first-order valence-corrected chi connectivity index (χ1v) is 7.24. The lowest BCUT2D eigenvalue weighted by Crippen LogP contribution is -2.33. The number of carbonyl (C=O) groups is 1. The van der Waals surface area contributed by atoms with E-state index in [1.54, 1.807) is 18.7 Å². The van der Waals surface area contributed by atoms with Crippen LogP contribution in [0.1, 0.15) is 52.2 Å². The average Bonchev–Trinajstić information content (AvgIpc) is 2.58. The molecule has 0 fully saturated rings. The van der Waals surface area contributed by atoms with Crippen molar-refractivity contribution in [3.05, 3.63) is 29.3 Å². The van der Waals surface area contributed by atoms with Crippen LogP contribution in [0.25, 0.3) is 0 Å². The van der Waals surface area contributed by atoms with Gasteiger partial charge in [-0.15, -0.1) is 0 Å². The van der Waals surface area contributed by atoms with Crippen molar-refractivity contribution in [1.82, 2.24) is 0 Å². The molecule has 1 aliphatic heterocycles. The molecule has 0 aromatic heterocycles. The molecule has 1 aliphatic rings. The summed E-state index contributed by atoms with van der Waals surface area (Å²) in [5.41, 5.74) is 2.73. The molecule has 2 rings (SSSR count). The Morgan fingerprint density at radius 1 is 1.20 bits per heavy atom. The minimum Gasteiger partial charge on any atom is -0.390 e. The van der Waals surface area contributed by atoms with Gasteiger partial charge in [-0.3, -0.25) is 4.79 Å². The van der Waals surface area contributed by atoms with Gasteiger partial charge in [0.15, 0.2) is 0 Å². The van der Waals surface area contributed by atoms with Crippen LogP contribution in [0.2, 0.25) is 0 Å². The number of amides is 1. The fourth-order valence-electron chi connectivity index (χ4n) is 2.48. The minimum absolute atomic E-state index is 0.0958. The largest absolute Gasteiger partial charge is 0.390 e. The molecule has 1 amide bonds. The van der Waals surface area contributed by atoms with Crippen molar-refractivity contribution in [3.8, 4) is 0 Å². The molecular weight excluding hydrogens is 250 g/mol. The van der Waals surface area contributed by atoms with Crippen molar-refractivity contribution in [2.24, 2.45) is 0 Å². The summed E-state index contributed by atoms with van der Waals surface area (Å²) < 4.78 is 0. The van der Waals surface area contributed by atoms with Crippen molar-refractivity contribution in [1.29, 1.82) is 0 Å². The van der Waals surface area contributed by atoms with Crippen molar-refractivity contribution >= 4 is 11.6 Å². The van der Waals surface area contributed by atoms with Gasteiger partial charge in [-0.25, -0.2) is 0 Å². The predicted octanol–water partition coefficient (Wildman–Crippen LogP) is 3.03. The number of fused-ring (bicyclic) bond motifs is 1. The standard InChI is InChI=1S/C17H25NO2/c1-16(2,3)13-6-7-14-12(10-13)11-15(19)18(14)9-8-17(4,5)20/h6-7,10,20H,8-9,11H2,1-5H3. The zero-order valence-electron chi connectivity index (χ0n) is 13.2. The minimum atomic E-state index is -0.742. The zero-order chi connectivity index (χ0) is 15.1. The van der Waals surface area contributed by atoms with Crippen molar-refractivity contribution in [2.45, 2.75) is 58.5 Å². The van der Waals surface area contributed by atoms with E-state index in [9.17, 15) is 9.90 Å². The molecule has 0 aliphatic carbocycles. The van der Waals surface area contributed by atoms with Crippen LogP contribution in [0.4, 0.5) is 5.69 Å². The Balaban J connectivity index is 2.24. The highest BCUT2D eigenvalue weighted by Gasteiger charge is 2.29. The van der Waals surface area contributed by atoms with E-state index in [0.29, 0.717) is 19.4 Å². The number of hydrogen-bond acceptors (Lipinski definition) is 2. The molecule has 1 heterocycles. The number of anilines is 1. The van der Waals surface area contributed by atoms with Gasteiger partial charge in [-0.2, -0.15) is 0 Å². The number of carbonyl (C=O) groups excluding carboxylic acids is 1. The number of rotatable bonds is 3. The average molecular weight is 275 g/mol. The number of hydrogen-bond donors (Lipinski definition) is 1. The Morgan fingerprint density at radius 3 is 2.40 bits per heavy atom. The second-order valence-corrected chi connectivity index (χ2v) is 7.38. The summed E-state index contributed by atoms with van der Waals surface area (Å²) in [5, 5.41) is 9.83. The molecule has 0 spiro atoms. The lowest BCUT2D eigenvalue weighted by Gasteiger charge is -2.24. The van der Waals surface area contributed by atoms with Gasteiger partial charge in [0, 0.05) is 12.2 Å². The van der Waals surface area contributed by atoms with Crippen LogP contribution in [-0.4, -0.2) is 23.2 Å². The zero-order valence-corrected chi connectivity index (χ0v) is 13.2. The Hall–Kier alpha value is -1.35. The summed E-state index contributed by atoms with van der Waals surface area (Å²) in [6, 6.07) is 6.30. The summed E-state index contributed by atoms with van der Waals surface area (Å²) in [4.78, 5) is 14.0. The van der Waals surface area contributed by atoms with E-state index in [1.165, 1.54) is 5.56 Å². The summed E-state index contributed by atoms with van der Waals surface area (Å²) in [7, 11) is 0. The van der Waals surface area contributed by atoms with Crippen LogP contribution in [0.3, 0.4) is 0 Å². The maximum absolute atomic E-state index is 12.2. The van der Waals surface area contributed by atoms with Gasteiger partial charge in [0.1, 0.15) is 0 Å². The van der Waals surface area contributed by atoms with E-state index in [1.807, 2.05) is 6.07 Å². The second kappa shape index (κ2) is 4.88. The Morgan fingerprint density at radius 2 is 1.85 bits per heavy atom. The molecule has 110 valence electrons. The van der Waals surface area contributed by atoms with E-state index in [0.717, 1.165) is 11.3 Å². The highest BCUT2D eigenvalue weighted by Crippen LogP contribution is 2.33. The third-order valence-electron chi connectivity index (χ3n) is 3.83. The van der Waals surface area contributed by atoms with Crippen LogP contribution >= 0.6 is 0 Å². The second-order valence-electron chi connectivity index (χ2n) is 7.38. The van der Waals surface area contributed by atoms with Crippen LogP contribution < -0.4 is 4.90 Å². The lowest BCUT2D eigenvalue weighted by molar-refractivity contribution is -0.117. The Bertz CT molecular complexity index is 521. The molecule has 1 aromatic carbocycles. The van der Waals surface area contributed by atoms with Crippen LogP contribution in [0.5, 0.6) is 0 Å². The van der Waals surface area contributed by atoms with Crippen LogP contribution in [0, 0.1) is 0 Å². The fraction of sp³-hybridized carbons (Fsp3) is 0.588. The molecular formula is C17H25NO2. The molecule has 0 atom stereocenters. The maximum Gasteiger partial charge on any atom is 0.231 e. The molecule has 0 saturated carbocycles. The molecule has 3 nitrogen and oxygen atoms in total. The quantitative estimate of drug-likeness (QED) is 0.921. The molecule has 3 heteroatoms. The van der Waals surface area contributed by atoms with Gasteiger partial charge in [-0.05, 0) is 42.9 Å². The maximum atomic E-state index is 12.2. The van der Waals surface area contributed by atoms with E-state index in [4.69, 9.17) is 0 Å². The number of benzene rings is 1. The van der Waals surface area contributed by atoms with Gasteiger partial charge in [-0.1, -0.05) is 32.9 Å². The lowest BCUT2D eigenvalue weighted by atomic mass is 9.86. The molecule has 0 saturated heterocycles. The first-order chi connectivity index (χ1) is 9.08. The van der Waals surface area contributed by atoms with Crippen LogP contribution in [0.15, 0.2) is 18.2 Å². The van der Waals surface area contributed by atoms with E-state index in [2.05, 4.69) is 32.9 Å². The monoisotopic (exact) mass is 275 g/mol. The third kappa shape index (κ3) is 3.21. The number of aliphatic hydroxyl groups is 1. The summed E-state index contributed by atoms with van der Waals surface area (Å²) in [6.07, 6.45) is 1.06. The first-order valence-electron chi connectivity index (χ1n) is 7.24. The summed E-state index contributed by atoms with van der Waals surface area (Å²) in [6.45, 7) is 10.7. The molecule has 20 heavy (non-hydrogen) atoms. The predicted molar refractivity (Wildman–Crippen MR) is 82.1 cm³/mol. The smallest absolute Gasteiger partial charge is 0.231 e. The van der Waals surface area contributed by atoms with Crippen molar-refractivity contribution in [2.75, 3.05) is 11.4 Å². The van der Waals surface area contributed by atoms with Crippen molar-refractivity contribution in [3.63, 3.8) is 0 Å². The Kier molecular flexibility index (Phi) is 3.67. The molecule has 0 unspecified atom stereocenters. The highest BCUT2D eigenvalue weighted by atomic mass is 16.3. The summed E-state index contributed by atoms with van der Waals surface area (Å²) in [5.74, 6) is 0.135. The van der Waals surface area contributed by atoms with E-state index < -0.39 is 5.60 Å². The van der Waals surface area contributed by atoms with Gasteiger partial charge in [0.2, 0.25) is 5.91 Å². The van der Waals surface area contributed by atoms with E-state index in [-0.39, 0.29) is 11.3 Å². The highest BCUT2D eigenvalue weighted by molar-refractivity contribution is 6.01. The first kappa shape index (κ1) is 15.0. The summed E-state index contributed by atoms with van der Waals surface area (Å²) >= 11 is 0. The third-order valence-corrected chi connectivity index (χ3v) is 3.83. The topological polar surface area (TPSA) is 40.5 Å². The number of nitrogens with zero attached hydrogens (tertiary/aromatic N) is 1. The van der Waals surface area contributed by atoms with Gasteiger partial charge in [0.05, 0.1) is 12.0 Å². The molecule has 0 bridgehead atoms. The molecule has 1 N–H and O–H groups in total. The van der Waals surface area contributed by atoms with Gasteiger partial charge >= 0.3 is 0 Å². The normalized spacial score (nSPS) is 15.7. The SMILES string of the molecule is CC(C)(O)CCN1C(=O)Cc2cc(C(C)(C)C)ccc21. The van der Waals surface area contributed by atoms with Crippen LogP contribution in [-0.2, 0) is 16.6 Å². The van der Waals surface area contributed by atoms with E-state index >= 15 is 0 Å². The van der Waals surface area contributed by atoms with Gasteiger partial charge in [0.25, 0.3) is 0 Å². The van der Waals surface area contributed by atoms with Crippen molar-refractivity contribution < 1.29 is 9.90 Å². The Labute approximate surface area is 121 Å².